The molecule has 2 rings (SSSR count). The first kappa shape index (κ1) is 12.6. The fraction of sp³-hybridized carbons (Fsp3) is 0.500. The maximum Gasteiger partial charge on any atom is 0.273 e. The molecule has 0 saturated heterocycles. The number of nitrogens with two attached hydrogens (primary N) is 1. The van der Waals surface area contributed by atoms with Gasteiger partial charge in [-0.1, -0.05) is 25.2 Å². The summed E-state index contributed by atoms with van der Waals surface area (Å²) in [6.45, 7) is 7.86. The first-order chi connectivity index (χ1) is 7.59. The number of anilines is 1. The SMILES string of the molecule is CC.CC(C)n1cnc2nc(N)sc2c1=O. The average molecular weight is 240 g/mol. The number of aromatic nitrogens is 3. The Morgan fingerprint density at radius 3 is 2.62 bits per heavy atom. The quantitative estimate of drug-likeness (QED) is 0.827. The summed E-state index contributed by atoms with van der Waals surface area (Å²) in [6.07, 6.45) is 1.51. The molecule has 6 heteroatoms. The van der Waals surface area contributed by atoms with E-state index in [-0.39, 0.29) is 11.6 Å². The molecule has 2 N–H and O–H groups in total. The third kappa shape index (κ3) is 2.21. The molecule has 2 aromatic heterocycles. The minimum absolute atomic E-state index is 0.0702. The summed E-state index contributed by atoms with van der Waals surface area (Å²) in [5.74, 6) is 0. The lowest BCUT2D eigenvalue weighted by Crippen LogP contribution is -2.21. The lowest BCUT2D eigenvalue weighted by molar-refractivity contribution is 0.573. The van der Waals surface area contributed by atoms with Gasteiger partial charge < -0.3 is 5.73 Å². The highest BCUT2D eigenvalue weighted by Crippen LogP contribution is 2.18. The molecule has 0 saturated carbocycles. The van der Waals surface area contributed by atoms with Crippen LogP contribution < -0.4 is 11.3 Å². The van der Waals surface area contributed by atoms with Gasteiger partial charge in [-0.2, -0.15) is 0 Å². The topological polar surface area (TPSA) is 73.8 Å². The Balaban J connectivity index is 0.000000606. The Hall–Kier alpha value is -1.43. The lowest BCUT2D eigenvalue weighted by atomic mass is 10.4. The van der Waals surface area contributed by atoms with Crippen molar-refractivity contribution in [2.75, 3.05) is 5.73 Å². The molecule has 5 nitrogen and oxygen atoms in total. The Morgan fingerprint density at radius 2 is 2.06 bits per heavy atom. The monoisotopic (exact) mass is 240 g/mol. The summed E-state index contributed by atoms with van der Waals surface area (Å²) in [5.41, 5.74) is 5.87. The second-order valence-electron chi connectivity index (χ2n) is 3.26. The Morgan fingerprint density at radius 1 is 1.44 bits per heavy atom. The number of thiazole rings is 1. The smallest absolute Gasteiger partial charge is 0.273 e. The first-order valence-corrected chi connectivity index (χ1v) is 6.04. The van der Waals surface area contributed by atoms with E-state index >= 15 is 0 Å². The number of nitrogens with zero attached hydrogens (tertiary/aromatic N) is 3. The standard InChI is InChI=1S/C8H10N4OS.C2H6/c1-4(2)12-3-10-6-5(7(12)13)14-8(9)11-6;1-2/h3-4H,1-2H3,(H2,9,11);1-2H3. The van der Waals surface area contributed by atoms with Crippen LogP contribution in [0.4, 0.5) is 5.13 Å². The molecule has 0 aliphatic heterocycles. The van der Waals surface area contributed by atoms with E-state index < -0.39 is 0 Å². The van der Waals surface area contributed by atoms with Crippen LogP contribution in [0, 0.1) is 0 Å². The van der Waals surface area contributed by atoms with E-state index in [0.717, 1.165) is 0 Å². The Kier molecular flexibility index (Phi) is 4.00. The van der Waals surface area contributed by atoms with Gasteiger partial charge in [-0.05, 0) is 13.8 Å². The van der Waals surface area contributed by atoms with E-state index in [2.05, 4.69) is 9.97 Å². The summed E-state index contributed by atoms with van der Waals surface area (Å²) < 4.78 is 2.10. The molecule has 16 heavy (non-hydrogen) atoms. The predicted octanol–water partition coefficient (Wildman–Crippen LogP) is 2.04. The third-order valence-electron chi connectivity index (χ3n) is 1.92. The van der Waals surface area contributed by atoms with Gasteiger partial charge in [0.2, 0.25) is 0 Å². The molecule has 88 valence electrons. The molecular weight excluding hydrogens is 224 g/mol. The molecule has 2 aromatic rings. The maximum atomic E-state index is 11.8. The average Bonchev–Trinajstić information content (AvgIpc) is 2.62. The molecule has 0 aromatic carbocycles. The van der Waals surface area contributed by atoms with Gasteiger partial charge in [0.25, 0.3) is 5.56 Å². The van der Waals surface area contributed by atoms with Crippen LogP contribution in [-0.4, -0.2) is 14.5 Å². The number of rotatable bonds is 1. The van der Waals surface area contributed by atoms with Crippen LogP contribution in [0.5, 0.6) is 0 Å². The molecule has 0 radical (unpaired) electrons. The van der Waals surface area contributed by atoms with E-state index in [1.807, 2.05) is 27.7 Å². The van der Waals surface area contributed by atoms with Crippen LogP contribution >= 0.6 is 11.3 Å². The predicted molar refractivity (Wildman–Crippen MR) is 67.8 cm³/mol. The van der Waals surface area contributed by atoms with E-state index in [1.54, 1.807) is 4.57 Å². The van der Waals surface area contributed by atoms with Gasteiger partial charge in [0.1, 0.15) is 11.0 Å². The van der Waals surface area contributed by atoms with Crippen molar-refractivity contribution < 1.29 is 0 Å². The molecule has 0 amide bonds. The highest BCUT2D eigenvalue weighted by atomic mass is 32.1. The summed E-state index contributed by atoms with van der Waals surface area (Å²) in [4.78, 5) is 19.8. The van der Waals surface area contributed by atoms with E-state index in [9.17, 15) is 4.79 Å². The Bertz CT molecular complexity index is 529. The molecule has 2 heterocycles. The van der Waals surface area contributed by atoms with Crippen molar-refractivity contribution in [3.63, 3.8) is 0 Å². The van der Waals surface area contributed by atoms with Crippen LogP contribution in [0.1, 0.15) is 33.7 Å². The van der Waals surface area contributed by atoms with E-state index in [1.165, 1.54) is 17.7 Å². The van der Waals surface area contributed by atoms with Crippen molar-refractivity contribution in [3.8, 4) is 0 Å². The third-order valence-corrected chi connectivity index (χ3v) is 2.78. The van der Waals surface area contributed by atoms with Crippen molar-refractivity contribution >= 4 is 26.8 Å². The highest BCUT2D eigenvalue weighted by molar-refractivity contribution is 7.21. The fourth-order valence-corrected chi connectivity index (χ4v) is 1.93. The second-order valence-corrected chi connectivity index (χ2v) is 4.29. The zero-order valence-electron chi connectivity index (χ0n) is 9.89. The maximum absolute atomic E-state index is 11.8. The van der Waals surface area contributed by atoms with Crippen LogP contribution in [-0.2, 0) is 0 Å². The van der Waals surface area contributed by atoms with Gasteiger partial charge in [0.15, 0.2) is 10.8 Å². The van der Waals surface area contributed by atoms with E-state index in [4.69, 9.17) is 5.73 Å². The zero-order valence-corrected chi connectivity index (χ0v) is 10.7. The number of hydrogen-bond donors (Lipinski definition) is 1. The van der Waals surface area contributed by atoms with Gasteiger partial charge >= 0.3 is 0 Å². The lowest BCUT2D eigenvalue weighted by Gasteiger charge is -2.06. The van der Waals surface area contributed by atoms with Gasteiger partial charge in [-0.15, -0.1) is 0 Å². The summed E-state index contributed by atoms with van der Waals surface area (Å²) in [6, 6.07) is 0.0997. The highest BCUT2D eigenvalue weighted by Gasteiger charge is 2.10. The second kappa shape index (κ2) is 5.07. The molecular formula is C10H16N4OS. The summed E-state index contributed by atoms with van der Waals surface area (Å²) in [5, 5.41) is 0.381. The van der Waals surface area contributed by atoms with Gasteiger partial charge in [-0.3, -0.25) is 9.36 Å². The molecule has 0 fully saturated rings. The molecule has 0 aliphatic rings. The largest absolute Gasteiger partial charge is 0.375 e. The van der Waals surface area contributed by atoms with Gasteiger partial charge in [-0.25, -0.2) is 9.97 Å². The van der Waals surface area contributed by atoms with Crippen molar-refractivity contribution in [3.05, 3.63) is 16.7 Å². The van der Waals surface area contributed by atoms with Crippen molar-refractivity contribution in [2.24, 2.45) is 0 Å². The van der Waals surface area contributed by atoms with E-state index in [0.29, 0.717) is 15.5 Å². The first-order valence-electron chi connectivity index (χ1n) is 5.22. The minimum atomic E-state index is -0.0702. The Labute approximate surface area is 98.0 Å². The number of nitrogen functional groups attached to an aromatic ring is 1. The summed E-state index contributed by atoms with van der Waals surface area (Å²) in [7, 11) is 0. The van der Waals surface area contributed by atoms with Crippen LogP contribution in [0.3, 0.4) is 0 Å². The van der Waals surface area contributed by atoms with Crippen LogP contribution in [0.15, 0.2) is 11.1 Å². The number of fused-ring (bicyclic) bond motifs is 1. The fourth-order valence-electron chi connectivity index (χ4n) is 1.21. The molecule has 0 spiro atoms. The van der Waals surface area contributed by atoms with Crippen molar-refractivity contribution in [1.29, 1.82) is 0 Å². The summed E-state index contributed by atoms with van der Waals surface area (Å²) >= 11 is 1.18. The zero-order chi connectivity index (χ0) is 12.3. The number of hydrogen-bond acceptors (Lipinski definition) is 5. The van der Waals surface area contributed by atoms with Gasteiger partial charge in [0, 0.05) is 6.04 Å². The minimum Gasteiger partial charge on any atom is -0.375 e. The molecule has 0 unspecified atom stereocenters. The van der Waals surface area contributed by atoms with Crippen LogP contribution in [0.2, 0.25) is 0 Å². The molecule has 0 bridgehead atoms. The van der Waals surface area contributed by atoms with Crippen molar-refractivity contribution in [1.82, 2.24) is 14.5 Å². The molecule has 0 atom stereocenters. The normalized spacial score (nSPS) is 10.3. The van der Waals surface area contributed by atoms with Gasteiger partial charge in [0.05, 0.1) is 0 Å². The van der Waals surface area contributed by atoms with Crippen molar-refractivity contribution in [2.45, 2.75) is 33.7 Å². The molecule has 0 aliphatic carbocycles. The van der Waals surface area contributed by atoms with Crippen LogP contribution in [0.25, 0.3) is 10.3 Å².